The van der Waals surface area contributed by atoms with Gasteiger partial charge in [0.05, 0.1) is 6.04 Å². The highest BCUT2D eigenvalue weighted by Crippen LogP contribution is 2.20. The van der Waals surface area contributed by atoms with E-state index in [1.807, 2.05) is 24.3 Å². The van der Waals surface area contributed by atoms with E-state index in [4.69, 9.17) is 10.8 Å². The van der Waals surface area contributed by atoms with Gasteiger partial charge in [-0.3, -0.25) is 9.59 Å². The molecule has 0 amide bonds. The van der Waals surface area contributed by atoms with Crippen LogP contribution in [0.1, 0.15) is 24.8 Å². The highest BCUT2D eigenvalue weighted by atomic mass is 16.4. The third-order valence-corrected chi connectivity index (χ3v) is 3.35. The molecule has 2 atom stereocenters. The third-order valence-electron chi connectivity index (χ3n) is 3.35. The number of anilines is 1. The molecule has 2 unspecified atom stereocenters. The van der Waals surface area contributed by atoms with Gasteiger partial charge in [0.25, 0.3) is 0 Å². The van der Waals surface area contributed by atoms with Crippen molar-refractivity contribution in [3.05, 3.63) is 29.8 Å². The van der Waals surface area contributed by atoms with Crippen molar-refractivity contribution >= 4 is 17.4 Å². The van der Waals surface area contributed by atoms with Gasteiger partial charge in [0.2, 0.25) is 0 Å². The molecule has 0 bridgehead atoms. The summed E-state index contributed by atoms with van der Waals surface area (Å²) in [6, 6.07) is 6.40. The highest BCUT2D eigenvalue weighted by Gasteiger charge is 2.24. The molecular formula is C14H18N2O3. The molecule has 1 aliphatic rings. The van der Waals surface area contributed by atoms with Crippen molar-refractivity contribution in [2.45, 2.75) is 37.8 Å². The van der Waals surface area contributed by atoms with E-state index in [0.717, 1.165) is 24.1 Å². The number of carbonyl (C=O) groups is 2. The second-order valence-corrected chi connectivity index (χ2v) is 4.90. The van der Waals surface area contributed by atoms with E-state index < -0.39 is 12.0 Å². The van der Waals surface area contributed by atoms with Crippen LogP contribution < -0.4 is 11.1 Å². The number of hydrogen-bond acceptors (Lipinski definition) is 4. The van der Waals surface area contributed by atoms with E-state index in [1.54, 1.807) is 0 Å². The Morgan fingerprint density at radius 1 is 1.53 bits per heavy atom. The van der Waals surface area contributed by atoms with Crippen LogP contribution in [0.5, 0.6) is 0 Å². The van der Waals surface area contributed by atoms with E-state index in [1.165, 1.54) is 0 Å². The van der Waals surface area contributed by atoms with Gasteiger partial charge in [0, 0.05) is 12.1 Å². The number of nitrogens with two attached hydrogens (primary N) is 1. The summed E-state index contributed by atoms with van der Waals surface area (Å²) in [6.07, 6.45) is 2.71. The molecule has 5 nitrogen and oxygen atoms in total. The lowest BCUT2D eigenvalue weighted by atomic mass is 10.1. The van der Waals surface area contributed by atoms with Crippen LogP contribution in [0.2, 0.25) is 0 Å². The second kappa shape index (κ2) is 5.84. The van der Waals surface area contributed by atoms with Gasteiger partial charge in [-0.2, -0.15) is 0 Å². The van der Waals surface area contributed by atoms with E-state index in [-0.39, 0.29) is 18.2 Å². The van der Waals surface area contributed by atoms with Crippen molar-refractivity contribution in [3.8, 4) is 0 Å². The third kappa shape index (κ3) is 3.54. The maximum Gasteiger partial charge on any atom is 0.320 e. The quantitative estimate of drug-likeness (QED) is 0.741. The number of carboxylic acid groups (broad SMARTS) is 1. The lowest BCUT2D eigenvalue weighted by Gasteiger charge is -2.14. The lowest BCUT2D eigenvalue weighted by Crippen LogP contribution is -2.32. The van der Waals surface area contributed by atoms with Crippen molar-refractivity contribution in [2.75, 3.05) is 5.32 Å². The van der Waals surface area contributed by atoms with E-state index in [9.17, 15) is 9.59 Å². The molecule has 2 rings (SSSR count). The Kier molecular flexibility index (Phi) is 4.16. The molecule has 1 fully saturated rings. The summed E-state index contributed by atoms with van der Waals surface area (Å²) in [5.74, 6) is -0.767. The maximum absolute atomic E-state index is 11.6. The average molecular weight is 262 g/mol. The number of aliphatic carboxylic acids is 1. The van der Waals surface area contributed by atoms with Crippen molar-refractivity contribution in [3.63, 3.8) is 0 Å². The normalized spacial score (nSPS) is 20.3. The first-order chi connectivity index (χ1) is 9.06. The summed E-state index contributed by atoms with van der Waals surface area (Å²) in [6.45, 7) is 0. The molecule has 0 aromatic heterocycles. The number of hydrogen-bond donors (Lipinski definition) is 3. The predicted molar refractivity (Wildman–Crippen MR) is 72.0 cm³/mol. The Morgan fingerprint density at radius 2 is 2.32 bits per heavy atom. The van der Waals surface area contributed by atoms with Gasteiger partial charge in [0.15, 0.2) is 5.78 Å². The molecule has 102 valence electrons. The van der Waals surface area contributed by atoms with Crippen molar-refractivity contribution in [1.82, 2.24) is 0 Å². The van der Waals surface area contributed by atoms with Crippen LogP contribution in [0.4, 0.5) is 5.69 Å². The van der Waals surface area contributed by atoms with Gasteiger partial charge in [-0.15, -0.1) is 0 Å². The van der Waals surface area contributed by atoms with Crippen LogP contribution in [-0.2, 0) is 16.0 Å². The first kappa shape index (κ1) is 13.5. The van der Waals surface area contributed by atoms with E-state index >= 15 is 0 Å². The van der Waals surface area contributed by atoms with Crippen LogP contribution in [-0.4, -0.2) is 28.9 Å². The Bertz CT molecular complexity index is 487. The van der Waals surface area contributed by atoms with Crippen molar-refractivity contribution in [1.29, 1.82) is 0 Å². The minimum Gasteiger partial charge on any atom is -0.480 e. The van der Waals surface area contributed by atoms with Gasteiger partial charge < -0.3 is 16.2 Å². The van der Waals surface area contributed by atoms with Crippen LogP contribution in [0.3, 0.4) is 0 Å². The molecule has 1 aromatic rings. The molecule has 19 heavy (non-hydrogen) atoms. The molecule has 5 heteroatoms. The number of carbonyl (C=O) groups excluding carboxylic acids is 1. The molecule has 0 radical (unpaired) electrons. The zero-order valence-corrected chi connectivity index (χ0v) is 10.6. The molecule has 1 aromatic carbocycles. The van der Waals surface area contributed by atoms with Gasteiger partial charge in [-0.1, -0.05) is 12.1 Å². The monoisotopic (exact) mass is 262 g/mol. The minimum absolute atomic E-state index is 0.108. The number of Topliss-reactive ketones (excluding diaryl/α,β-unsaturated/α-hetero) is 1. The molecule has 4 N–H and O–H groups in total. The van der Waals surface area contributed by atoms with Gasteiger partial charge in [0.1, 0.15) is 6.04 Å². The Hall–Kier alpha value is -1.88. The fraction of sp³-hybridized carbons (Fsp3) is 0.429. The molecule has 0 heterocycles. The summed E-state index contributed by atoms with van der Waals surface area (Å²) in [7, 11) is 0. The van der Waals surface area contributed by atoms with Crippen LogP contribution in [0.15, 0.2) is 24.3 Å². The highest BCUT2D eigenvalue weighted by molar-refractivity contribution is 5.88. The largest absolute Gasteiger partial charge is 0.480 e. The fourth-order valence-electron chi connectivity index (χ4n) is 2.30. The fourth-order valence-corrected chi connectivity index (χ4v) is 2.30. The van der Waals surface area contributed by atoms with Crippen LogP contribution in [0, 0.1) is 0 Å². The zero-order chi connectivity index (χ0) is 13.8. The number of nitrogens with one attached hydrogen (secondary N) is 1. The van der Waals surface area contributed by atoms with Gasteiger partial charge >= 0.3 is 5.97 Å². The molecule has 0 spiro atoms. The Morgan fingerprint density at radius 3 is 2.95 bits per heavy atom. The van der Waals surface area contributed by atoms with Gasteiger partial charge in [-0.05, 0) is 37.0 Å². The van der Waals surface area contributed by atoms with Gasteiger partial charge in [-0.25, -0.2) is 0 Å². The zero-order valence-electron chi connectivity index (χ0n) is 10.6. The van der Waals surface area contributed by atoms with Crippen LogP contribution >= 0.6 is 0 Å². The summed E-state index contributed by atoms with van der Waals surface area (Å²) in [5, 5.41) is 12.0. The smallest absolute Gasteiger partial charge is 0.320 e. The average Bonchev–Trinajstić information content (AvgIpc) is 2.75. The number of ketones is 1. The van der Waals surface area contributed by atoms with Crippen molar-refractivity contribution in [2.24, 2.45) is 5.73 Å². The first-order valence-corrected chi connectivity index (χ1v) is 6.43. The van der Waals surface area contributed by atoms with Crippen molar-refractivity contribution < 1.29 is 14.7 Å². The number of rotatable bonds is 5. The van der Waals surface area contributed by atoms with E-state index in [0.29, 0.717) is 6.42 Å². The molecule has 0 saturated heterocycles. The number of carboxylic acids is 1. The predicted octanol–water partition coefficient (Wildman–Crippen LogP) is 1.17. The van der Waals surface area contributed by atoms with E-state index in [2.05, 4.69) is 5.32 Å². The molecular weight excluding hydrogens is 244 g/mol. The molecule has 0 aliphatic heterocycles. The van der Waals surface area contributed by atoms with Crippen LogP contribution in [0.25, 0.3) is 0 Å². The molecule has 1 saturated carbocycles. The topological polar surface area (TPSA) is 92.4 Å². The second-order valence-electron chi connectivity index (χ2n) is 4.90. The SMILES string of the molecule is NC(Cc1cccc(NC2CCCC2=O)c1)C(=O)O. The molecule has 1 aliphatic carbocycles. The summed E-state index contributed by atoms with van der Waals surface area (Å²) >= 11 is 0. The summed E-state index contributed by atoms with van der Waals surface area (Å²) in [5.41, 5.74) is 7.21. The summed E-state index contributed by atoms with van der Waals surface area (Å²) in [4.78, 5) is 22.3. The first-order valence-electron chi connectivity index (χ1n) is 6.43. The Labute approximate surface area is 111 Å². The maximum atomic E-state index is 11.6. The lowest BCUT2D eigenvalue weighted by molar-refractivity contribution is -0.138. The Balaban J connectivity index is 2.02. The minimum atomic E-state index is -1.01. The number of benzene rings is 1. The standard InChI is InChI=1S/C14H18N2O3/c15-11(14(18)19)8-9-3-1-4-10(7-9)16-12-5-2-6-13(12)17/h1,3-4,7,11-12,16H,2,5-6,8,15H2,(H,18,19). The summed E-state index contributed by atoms with van der Waals surface area (Å²) < 4.78 is 0.